The molecule has 1 aromatic heterocycles. The quantitative estimate of drug-likeness (QED) is 0.490. The molecule has 0 aliphatic carbocycles. The maximum Gasteiger partial charge on any atom is 0.0955 e. The highest BCUT2D eigenvalue weighted by Crippen LogP contribution is 1.99. The van der Waals surface area contributed by atoms with Crippen molar-refractivity contribution in [2.75, 3.05) is 0 Å². The van der Waals surface area contributed by atoms with Crippen molar-refractivity contribution in [2.24, 2.45) is 18.5 Å². The first-order valence-corrected chi connectivity index (χ1v) is 2.69. The van der Waals surface area contributed by atoms with Gasteiger partial charge in [-0.15, -0.1) is 0 Å². The van der Waals surface area contributed by atoms with E-state index >= 15 is 0 Å². The van der Waals surface area contributed by atoms with Crippen molar-refractivity contribution < 1.29 is 0 Å². The number of imidazole rings is 1. The molecule has 0 atom stereocenters. The van der Waals surface area contributed by atoms with Crippen LogP contribution in [0.1, 0.15) is 11.9 Å². The average Bonchev–Trinajstić information content (AvgIpc) is 2.13. The zero-order valence-electron chi connectivity index (χ0n) is 5.28. The fourth-order valence-electron chi connectivity index (χ4n) is 0.689. The number of hydrogen-bond donors (Lipinski definition) is 2. The van der Waals surface area contributed by atoms with Gasteiger partial charge in [-0.1, -0.05) is 0 Å². The number of hydrogen-bond acceptors (Lipinski definition) is 3. The predicted octanol–water partition coefficient (Wildman–Crippen LogP) is -0.664. The van der Waals surface area contributed by atoms with Crippen LogP contribution < -0.4 is 11.5 Å². The van der Waals surface area contributed by atoms with Crippen LogP contribution in [-0.2, 0) is 7.05 Å². The summed E-state index contributed by atoms with van der Waals surface area (Å²) in [5, 5.41) is 0. The van der Waals surface area contributed by atoms with Gasteiger partial charge in [0.1, 0.15) is 0 Å². The van der Waals surface area contributed by atoms with Crippen LogP contribution >= 0.6 is 0 Å². The van der Waals surface area contributed by atoms with E-state index in [1.165, 1.54) is 0 Å². The largest absolute Gasteiger partial charge is 0.335 e. The Balaban J connectivity index is 2.94. The van der Waals surface area contributed by atoms with Crippen molar-refractivity contribution in [3.05, 3.63) is 18.2 Å². The molecule has 0 saturated carbocycles. The molecule has 1 heterocycles. The minimum atomic E-state index is -0.419. The fraction of sp³-hybridized carbons (Fsp3) is 0.400. The molecule has 4 nitrogen and oxygen atoms in total. The summed E-state index contributed by atoms with van der Waals surface area (Å²) in [6, 6.07) is 0. The molecule has 0 unspecified atom stereocenters. The molecule has 0 amide bonds. The van der Waals surface area contributed by atoms with E-state index in [1.54, 1.807) is 17.1 Å². The SMILES string of the molecule is Cn1cncc1C(N)N. The summed E-state index contributed by atoms with van der Waals surface area (Å²) in [5.74, 6) is 0. The number of aryl methyl sites for hydroxylation is 1. The molecule has 0 fully saturated rings. The molecule has 1 aromatic rings. The van der Waals surface area contributed by atoms with Crippen LogP contribution in [0.4, 0.5) is 0 Å². The number of rotatable bonds is 1. The number of aromatic nitrogens is 2. The van der Waals surface area contributed by atoms with Crippen LogP contribution in [-0.4, -0.2) is 9.55 Å². The van der Waals surface area contributed by atoms with E-state index in [4.69, 9.17) is 11.5 Å². The zero-order valence-corrected chi connectivity index (χ0v) is 5.28. The third kappa shape index (κ3) is 1.09. The summed E-state index contributed by atoms with van der Waals surface area (Å²) in [5.41, 5.74) is 11.6. The van der Waals surface area contributed by atoms with E-state index in [1.807, 2.05) is 7.05 Å². The predicted molar refractivity (Wildman–Crippen MR) is 34.3 cm³/mol. The molecule has 1 rings (SSSR count). The van der Waals surface area contributed by atoms with Crippen LogP contribution in [0.5, 0.6) is 0 Å². The van der Waals surface area contributed by atoms with Crippen LogP contribution in [0.25, 0.3) is 0 Å². The Kier molecular flexibility index (Phi) is 1.50. The van der Waals surface area contributed by atoms with Crippen molar-refractivity contribution in [1.29, 1.82) is 0 Å². The molecule has 0 saturated heterocycles. The van der Waals surface area contributed by atoms with Crippen molar-refractivity contribution >= 4 is 0 Å². The molecule has 0 bridgehead atoms. The first-order chi connectivity index (χ1) is 4.22. The lowest BCUT2D eigenvalue weighted by Crippen LogP contribution is -2.22. The van der Waals surface area contributed by atoms with Crippen molar-refractivity contribution in [1.82, 2.24) is 9.55 Å². The Hall–Kier alpha value is -0.870. The molecule has 0 aromatic carbocycles. The second-order valence-corrected chi connectivity index (χ2v) is 1.96. The Morgan fingerprint density at radius 1 is 1.67 bits per heavy atom. The van der Waals surface area contributed by atoms with Gasteiger partial charge in [0, 0.05) is 7.05 Å². The summed E-state index contributed by atoms with van der Waals surface area (Å²) in [6.07, 6.45) is 2.91. The molecular weight excluding hydrogens is 116 g/mol. The van der Waals surface area contributed by atoms with Gasteiger partial charge in [-0.3, -0.25) is 0 Å². The van der Waals surface area contributed by atoms with Gasteiger partial charge >= 0.3 is 0 Å². The first-order valence-electron chi connectivity index (χ1n) is 2.69. The standard InChI is InChI=1S/C5H10N4/c1-9-3-8-2-4(9)5(6)7/h2-3,5H,6-7H2,1H3. The molecule has 9 heavy (non-hydrogen) atoms. The van der Waals surface area contributed by atoms with Crippen LogP contribution in [0.2, 0.25) is 0 Å². The first kappa shape index (κ1) is 6.25. The van der Waals surface area contributed by atoms with Crippen molar-refractivity contribution in [3.8, 4) is 0 Å². The molecule has 0 aliphatic rings. The van der Waals surface area contributed by atoms with Crippen LogP contribution in [0, 0.1) is 0 Å². The van der Waals surface area contributed by atoms with Gasteiger partial charge in [-0.25, -0.2) is 4.98 Å². The summed E-state index contributed by atoms with van der Waals surface area (Å²) in [4.78, 5) is 3.85. The molecule has 50 valence electrons. The van der Waals surface area contributed by atoms with Crippen LogP contribution in [0.3, 0.4) is 0 Å². The minimum absolute atomic E-state index is 0.419. The molecule has 4 N–H and O–H groups in total. The molecule has 4 heteroatoms. The van der Waals surface area contributed by atoms with Gasteiger partial charge in [-0.05, 0) is 0 Å². The molecule has 0 radical (unpaired) electrons. The highest BCUT2D eigenvalue weighted by Gasteiger charge is 2.01. The highest BCUT2D eigenvalue weighted by atomic mass is 15.1. The Labute approximate surface area is 53.5 Å². The molecular formula is C5H10N4. The summed E-state index contributed by atoms with van der Waals surface area (Å²) in [7, 11) is 1.86. The summed E-state index contributed by atoms with van der Waals surface area (Å²) < 4.78 is 1.80. The normalized spacial score (nSPS) is 10.7. The smallest absolute Gasteiger partial charge is 0.0955 e. The van der Waals surface area contributed by atoms with E-state index < -0.39 is 6.17 Å². The maximum atomic E-state index is 5.38. The van der Waals surface area contributed by atoms with Gasteiger partial charge < -0.3 is 16.0 Å². The second-order valence-electron chi connectivity index (χ2n) is 1.96. The van der Waals surface area contributed by atoms with E-state index in [9.17, 15) is 0 Å². The van der Waals surface area contributed by atoms with E-state index in [2.05, 4.69) is 4.98 Å². The third-order valence-corrected chi connectivity index (χ3v) is 1.20. The topological polar surface area (TPSA) is 69.9 Å². The monoisotopic (exact) mass is 126 g/mol. The fourth-order valence-corrected chi connectivity index (χ4v) is 0.689. The minimum Gasteiger partial charge on any atom is -0.335 e. The van der Waals surface area contributed by atoms with Crippen LogP contribution in [0.15, 0.2) is 12.5 Å². The lowest BCUT2D eigenvalue weighted by atomic mass is 10.4. The van der Waals surface area contributed by atoms with Gasteiger partial charge in [-0.2, -0.15) is 0 Å². The lowest BCUT2D eigenvalue weighted by Gasteiger charge is -2.03. The zero-order chi connectivity index (χ0) is 6.85. The van der Waals surface area contributed by atoms with Gasteiger partial charge in [0.05, 0.1) is 24.4 Å². The second kappa shape index (κ2) is 2.16. The number of nitrogens with two attached hydrogens (primary N) is 2. The molecule has 0 spiro atoms. The lowest BCUT2D eigenvalue weighted by molar-refractivity contribution is 0.688. The maximum absolute atomic E-state index is 5.38. The molecule has 0 aliphatic heterocycles. The Bertz CT molecular complexity index is 191. The van der Waals surface area contributed by atoms with Gasteiger partial charge in [0.15, 0.2) is 0 Å². The average molecular weight is 126 g/mol. The van der Waals surface area contributed by atoms with Gasteiger partial charge in [0.2, 0.25) is 0 Å². The third-order valence-electron chi connectivity index (χ3n) is 1.20. The van der Waals surface area contributed by atoms with E-state index in [-0.39, 0.29) is 0 Å². The van der Waals surface area contributed by atoms with E-state index in [0.29, 0.717) is 0 Å². The highest BCUT2D eigenvalue weighted by molar-refractivity contribution is 5.01. The Morgan fingerprint density at radius 2 is 2.33 bits per heavy atom. The summed E-state index contributed by atoms with van der Waals surface area (Å²) in [6.45, 7) is 0. The Morgan fingerprint density at radius 3 is 2.56 bits per heavy atom. The van der Waals surface area contributed by atoms with Crippen molar-refractivity contribution in [2.45, 2.75) is 6.17 Å². The van der Waals surface area contributed by atoms with Crippen molar-refractivity contribution in [3.63, 3.8) is 0 Å². The summed E-state index contributed by atoms with van der Waals surface area (Å²) >= 11 is 0. The van der Waals surface area contributed by atoms with Gasteiger partial charge in [0.25, 0.3) is 0 Å². The van der Waals surface area contributed by atoms with E-state index in [0.717, 1.165) is 5.69 Å². The number of nitrogens with zero attached hydrogens (tertiary/aromatic N) is 2.